The molecule has 1 aliphatic rings. The first kappa shape index (κ1) is 13.7. The van der Waals surface area contributed by atoms with Gasteiger partial charge in [0.05, 0.1) is 21.8 Å². The van der Waals surface area contributed by atoms with Crippen molar-refractivity contribution in [2.75, 3.05) is 5.32 Å². The van der Waals surface area contributed by atoms with Gasteiger partial charge in [0.25, 0.3) is 5.91 Å². The number of benzene rings is 1. The monoisotopic (exact) mass is 344 g/mol. The third kappa shape index (κ3) is 2.37. The maximum absolute atomic E-state index is 12.1. The van der Waals surface area contributed by atoms with E-state index in [0.717, 1.165) is 26.8 Å². The Morgan fingerprint density at radius 2 is 2.14 bits per heavy atom. The summed E-state index contributed by atoms with van der Waals surface area (Å²) in [5, 5.41) is 8.39. The molecule has 0 aliphatic carbocycles. The Morgan fingerprint density at radius 1 is 1.23 bits per heavy atom. The highest BCUT2D eigenvalue weighted by atomic mass is 35.5. The van der Waals surface area contributed by atoms with Gasteiger partial charge in [0.2, 0.25) is 0 Å². The number of hydrogen-bond donors (Lipinski definition) is 1. The van der Waals surface area contributed by atoms with E-state index in [-0.39, 0.29) is 5.91 Å². The molecule has 3 nitrogen and oxygen atoms in total. The highest BCUT2D eigenvalue weighted by Gasteiger charge is 2.24. The first-order chi connectivity index (χ1) is 10.7. The molecule has 0 atom stereocenters. The Hall–Kier alpha value is -1.95. The second-order valence-electron chi connectivity index (χ2n) is 4.76. The third-order valence-corrected chi connectivity index (χ3v) is 5.45. The molecule has 2 aromatic heterocycles. The first-order valence-electron chi connectivity index (χ1n) is 6.53. The van der Waals surface area contributed by atoms with Crippen LogP contribution in [0, 0.1) is 0 Å². The number of anilines is 1. The predicted octanol–water partition coefficient (Wildman–Crippen LogP) is 5.02. The fraction of sp³-hybridized carbons (Fsp3) is 0. The lowest BCUT2D eigenvalue weighted by Crippen LogP contribution is -2.03. The number of amides is 1. The van der Waals surface area contributed by atoms with Crippen molar-refractivity contribution in [3.63, 3.8) is 0 Å². The Labute approximate surface area is 139 Å². The molecule has 1 amide bonds. The molecule has 0 saturated heterocycles. The summed E-state index contributed by atoms with van der Waals surface area (Å²) in [4.78, 5) is 17.9. The molecule has 0 spiro atoms. The number of rotatable bonds is 2. The summed E-state index contributed by atoms with van der Waals surface area (Å²) >= 11 is 9.19. The van der Waals surface area contributed by atoms with Crippen molar-refractivity contribution in [2.24, 2.45) is 0 Å². The predicted molar refractivity (Wildman–Crippen MR) is 93.4 cm³/mol. The summed E-state index contributed by atoms with van der Waals surface area (Å²) in [6.45, 7) is 0. The van der Waals surface area contributed by atoms with Crippen LogP contribution in [0.15, 0.2) is 41.1 Å². The van der Waals surface area contributed by atoms with E-state index in [1.54, 1.807) is 34.8 Å². The largest absolute Gasteiger partial charge is 0.321 e. The van der Waals surface area contributed by atoms with E-state index in [2.05, 4.69) is 10.3 Å². The number of carbonyl (C=O) groups excluding carboxylic acids is 1. The van der Waals surface area contributed by atoms with Crippen molar-refractivity contribution < 1.29 is 4.79 Å². The molecular weight excluding hydrogens is 336 g/mol. The second-order valence-corrected chi connectivity index (χ2v) is 7.00. The lowest BCUT2D eigenvalue weighted by molar-refractivity contribution is -0.110. The molecule has 0 radical (unpaired) electrons. The van der Waals surface area contributed by atoms with Crippen LogP contribution in [0.3, 0.4) is 0 Å². The smallest absolute Gasteiger partial charge is 0.256 e. The molecule has 4 rings (SSSR count). The number of thiazole rings is 1. The molecule has 3 heterocycles. The molecule has 6 heteroatoms. The fourth-order valence-corrected chi connectivity index (χ4v) is 4.09. The number of fused-ring (bicyclic) bond motifs is 1. The zero-order valence-electron chi connectivity index (χ0n) is 11.2. The summed E-state index contributed by atoms with van der Waals surface area (Å²) in [6.07, 6.45) is 1.82. The van der Waals surface area contributed by atoms with E-state index in [9.17, 15) is 4.79 Å². The number of carbonyl (C=O) groups is 1. The lowest BCUT2D eigenvalue weighted by atomic mass is 10.1. The lowest BCUT2D eigenvalue weighted by Gasteiger charge is -1.97. The molecule has 0 saturated carbocycles. The SMILES string of the molecule is O=C1Nc2cc(Cl)ccc2/C1=C/c1csc(-c2cccs2)n1. The number of halogens is 1. The van der Waals surface area contributed by atoms with Crippen molar-refractivity contribution in [1.29, 1.82) is 0 Å². The third-order valence-electron chi connectivity index (χ3n) is 3.31. The molecule has 22 heavy (non-hydrogen) atoms. The van der Waals surface area contributed by atoms with Gasteiger partial charge in [0.15, 0.2) is 0 Å². The van der Waals surface area contributed by atoms with Crippen LogP contribution in [-0.4, -0.2) is 10.9 Å². The normalized spacial score (nSPS) is 15.1. The fourth-order valence-electron chi connectivity index (χ4n) is 2.32. The minimum atomic E-state index is -0.122. The minimum Gasteiger partial charge on any atom is -0.321 e. The van der Waals surface area contributed by atoms with E-state index in [4.69, 9.17) is 11.6 Å². The van der Waals surface area contributed by atoms with Crippen LogP contribution in [0.5, 0.6) is 0 Å². The van der Waals surface area contributed by atoms with Gasteiger partial charge in [0.1, 0.15) is 5.01 Å². The van der Waals surface area contributed by atoms with Crippen LogP contribution in [0.2, 0.25) is 5.02 Å². The van der Waals surface area contributed by atoms with Crippen molar-refractivity contribution in [2.45, 2.75) is 0 Å². The highest BCUT2D eigenvalue weighted by molar-refractivity contribution is 7.20. The number of nitrogens with one attached hydrogen (secondary N) is 1. The van der Waals surface area contributed by atoms with Gasteiger partial charge in [-0.15, -0.1) is 22.7 Å². The van der Waals surface area contributed by atoms with Crippen LogP contribution < -0.4 is 5.32 Å². The topological polar surface area (TPSA) is 42.0 Å². The Balaban J connectivity index is 1.73. The molecule has 1 aliphatic heterocycles. The Bertz CT molecular complexity index is 897. The van der Waals surface area contributed by atoms with Crippen LogP contribution in [0.4, 0.5) is 5.69 Å². The van der Waals surface area contributed by atoms with E-state index < -0.39 is 0 Å². The Morgan fingerprint density at radius 3 is 2.95 bits per heavy atom. The molecule has 3 aromatic rings. The molecule has 1 aromatic carbocycles. The van der Waals surface area contributed by atoms with Gasteiger partial charge in [-0.1, -0.05) is 23.7 Å². The molecule has 0 bridgehead atoms. The maximum atomic E-state index is 12.1. The van der Waals surface area contributed by atoms with E-state index in [0.29, 0.717) is 10.6 Å². The van der Waals surface area contributed by atoms with Gasteiger partial charge in [-0.2, -0.15) is 0 Å². The van der Waals surface area contributed by atoms with E-state index >= 15 is 0 Å². The summed E-state index contributed by atoms with van der Waals surface area (Å²) in [7, 11) is 0. The summed E-state index contributed by atoms with van der Waals surface area (Å²) in [5.74, 6) is -0.122. The Kier molecular flexibility index (Phi) is 3.33. The number of aromatic nitrogens is 1. The summed E-state index contributed by atoms with van der Waals surface area (Å²) < 4.78 is 0. The van der Waals surface area contributed by atoms with E-state index in [1.807, 2.05) is 35.0 Å². The van der Waals surface area contributed by atoms with Crippen LogP contribution in [-0.2, 0) is 4.79 Å². The van der Waals surface area contributed by atoms with Crippen molar-refractivity contribution in [1.82, 2.24) is 4.98 Å². The summed E-state index contributed by atoms with van der Waals surface area (Å²) in [5.41, 5.74) is 3.02. The average molecular weight is 345 g/mol. The maximum Gasteiger partial charge on any atom is 0.256 e. The van der Waals surface area contributed by atoms with Gasteiger partial charge in [-0.3, -0.25) is 4.79 Å². The number of hydrogen-bond acceptors (Lipinski definition) is 4. The first-order valence-corrected chi connectivity index (χ1v) is 8.67. The van der Waals surface area contributed by atoms with Crippen LogP contribution in [0.25, 0.3) is 21.5 Å². The number of thiophene rings is 1. The van der Waals surface area contributed by atoms with Crippen molar-refractivity contribution in [3.8, 4) is 9.88 Å². The zero-order chi connectivity index (χ0) is 15.1. The van der Waals surface area contributed by atoms with Crippen LogP contribution in [0.1, 0.15) is 11.3 Å². The molecule has 0 fully saturated rings. The zero-order valence-corrected chi connectivity index (χ0v) is 13.6. The molecule has 1 N–H and O–H groups in total. The van der Waals surface area contributed by atoms with Crippen LogP contribution >= 0.6 is 34.3 Å². The molecule has 0 unspecified atom stereocenters. The van der Waals surface area contributed by atoms with Gasteiger partial charge in [-0.05, 0) is 29.7 Å². The molecular formula is C16H9ClN2OS2. The van der Waals surface area contributed by atoms with Gasteiger partial charge >= 0.3 is 0 Å². The summed E-state index contributed by atoms with van der Waals surface area (Å²) in [6, 6.07) is 9.44. The van der Waals surface area contributed by atoms with Gasteiger partial charge in [0, 0.05) is 16.0 Å². The average Bonchev–Trinajstić information content (AvgIpc) is 3.20. The standard InChI is InChI=1S/C16H9ClN2OS2/c17-9-3-4-11-12(15(20)19-13(11)6-9)7-10-8-22-16(18-10)14-2-1-5-21-14/h1-8H,(H,19,20)/b12-7-. The second kappa shape index (κ2) is 5.35. The van der Waals surface area contributed by atoms with Gasteiger partial charge in [-0.25, -0.2) is 4.98 Å². The highest BCUT2D eigenvalue weighted by Crippen LogP contribution is 2.35. The molecule has 108 valence electrons. The number of nitrogens with zero attached hydrogens (tertiary/aromatic N) is 1. The van der Waals surface area contributed by atoms with Crippen molar-refractivity contribution >= 4 is 57.5 Å². The minimum absolute atomic E-state index is 0.122. The van der Waals surface area contributed by atoms with Crippen molar-refractivity contribution in [3.05, 3.63) is 57.4 Å². The van der Waals surface area contributed by atoms with Gasteiger partial charge < -0.3 is 5.32 Å². The quantitative estimate of drug-likeness (QED) is 0.663. The van der Waals surface area contributed by atoms with E-state index in [1.165, 1.54) is 0 Å².